The van der Waals surface area contributed by atoms with E-state index in [9.17, 15) is 23.1 Å². The van der Waals surface area contributed by atoms with Crippen molar-refractivity contribution in [3.8, 4) is 5.75 Å². The predicted molar refractivity (Wildman–Crippen MR) is 183 cm³/mol. The molecule has 13 heteroatoms. The average molecular weight is 684 g/mol. The molecule has 3 atom stereocenters. The van der Waals surface area contributed by atoms with E-state index in [1.807, 2.05) is 70.3 Å². The van der Waals surface area contributed by atoms with Gasteiger partial charge in [0.2, 0.25) is 15.9 Å². The number of hydrogen-bond acceptors (Lipinski definition) is 8. The third-order valence-electron chi connectivity index (χ3n) is 7.82. The summed E-state index contributed by atoms with van der Waals surface area (Å²) in [7, 11) is -2.49. The number of carbonyl (C=O) groups excluding carboxylic acids is 1. The Hall–Kier alpha value is -3.78. The smallest absolute Gasteiger partial charge is 0.329 e. The Balaban J connectivity index is 1.62. The van der Waals surface area contributed by atoms with E-state index in [1.165, 1.54) is 44.0 Å². The van der Waals surface area contributed by atoms with Crippen molar-refractivity contribution in [3.63, 3.8) is 0 Å². The molecule has 11 nitrogen and oxygen atoms in total. The maximum atomic E-state index is 14.0. The number of sulfonamides is 1. The Morgan fingerprint density at radius 2 is 1.72 bits per heavy atom. The molecule has 0 bridgehead atoms. The summed E-state index contributed by atoms with van der Waals surface area (Å²) in [5, 5.41) is 17.5. The highest BCUT2D eigenvalue weighted by atomic mass is 32.2. The highest BCUT2D eigenvalue weighted by molar-refractivity contribution is 7.89. The van der Waals surface area contributed by atoms with Crippen LogP contribution >= 0.6 is 11.3 Å². The van der Waals surface area contributed by atoms with Crippen LogP contribution in [0.15, 0.2) is 82.1 Å². The van der Waals surface area contributed by atoms with Gasteiger partial charge < -0.3 is 15.2 Å². The van der Waals surface area contributed by atoms with Gasteiger partial charge in [-0.05, 0) is 55.0 Å². The quantitative estimate of drug-likeness (QED) is 0.182. The van der Waals surface area contributed by atoms with Gasteiger partial charge in [0.05, 0.1) is 41.4 Å². The summed E-state index contributed by atoms with van der Waals surface area (Å²) in [6.07, 6.45) is 2.22. The van der Waals surface area contributed by atoms with Gasteiger partial charge in [0.15, 0.2) is 0 Å². The van der Waals surface area contributed by atoms with Gasteiger partial charge in [-0.25, -0.2) is 18.2 Å². The number of rotatable bonds is 16. The van der Waals surface area contributed by atoms with Crippen molar-refractivity contribution in [1.82, 2.24) is 23.7 Å². The Kier molecular flexibility index (Phi) is 12.2. The van der Waals surface area contributed by atoms with Crippen LogP contribution in [0.3, 0.4) is 0 Å². The van der Waals surface area contributed by atoms with Crippen LogP contribution in [0.1, 0.15) is 50.0 Å². The van der Waals surface area contributed by atoms with Crippen molar-refractivity contribution in [2.75, 3.05) is 20.2 Å². The van der Waals surface area contributed by atoms with E-state index in [2.05, 4.69) is 10.3 Å². The molecule has 254 valence electrons. The van der Waals surface area contributed by atoms with Gasteiger partial charge in [0.1, 0.15) is 11.8 Å². The summed E-state index contributed by atoms with van der Waals surface area (Å²) in [6.45, 7) is 9.61. The molecule has 2 aromatic heterocycles. The van der Waals surface area contributed by atoms with E-state index >= 15 is 0 Å². The molecule has 4 rings (SSSR count). The number of ether oxygens (including phenoxy) is 1. The lowest BCUT2D eigenvalue weighted by Gasteiger charge is -2.32. The number of aryl methyl sites for hydroxylation is 1. The molecule has 0 aliphatic carbocycles. The first-order valence-corrected chi connectivity index (χ1v) is 18.0. The standard InChI is InChI=1S/C34H45N5O6S2/c1-23(2)19-38(47(43,44)29-14-12-28(45-6)13-15-29)21-31(40)30(18-26-10-8-7-9-11-26)36-33(41)32(24(3)4)39-17-16-37(34(39)42)20-27-22-46-25(5)35-27/h7-17,22-24,30-32,40H,18-21H2,1-6H3,(H,36,41)/t30-,31+,32-/m0/s1. The fraction of sp³-hybridized carbons (Fsp3) is 0.441. The Morgan fingerprint density at radius 3 is 2.30 bits per heavy atom. The summed E-state index contributed by atoms with van der Waals surface area (Å²) in [6, 6.07) is 13.7. The third-order valence-corrected chi connectivity index (χ3v) is 10.5. The molecular weight excluding hydrogens is 639 g/mol. The monoisotopic (exact) mass is 683 g/mol. The molecule has 0 spiro atoms. The van der Waals surface area contributed by atoms with Crippen LogP contribution < -0.4 is 15.7 Å². The van der Waals surface area contributed by atoms with Crippen LogP contribution in [0.25, 0.3) is 0 Å². The lowest BCUT2D eigenvalue weighted by Crippen LogP contribution is -2.53. The number of aliphatic hydroxyl groups excluding tert-OH is 1. The highest BCUT2D eigenvalue weighted by Crippen LogP contribution is 2.23. The maximum absolute atomic E-state index is 14.0. The zero-order valence-electron chi connectivity index (χ0n) is 27.7. The first-order chi connectivity index (χ1) is 22.3. The summed E-state index contributed by atoms with van der Waals surface area (Å²) in [5.74, 6) is -0.227. The van der Waals surface area contributed by atoms with E-state index in [-0.39, 0.29) is 48.5 Å². The van der Waals surface area contributed by atoms with Crippen LogP contribution in [0, 0.1) is 18.8 Å². The lowest BCUT2D eigenvalue weighted by atomic mass is 9.98. The van der Waals surface area contributed by atoms with Crippen molar-refractivity contribution in [2.45, 2.75) is 70.7 Å². The molecule has 0 aliphatic heterocycles. The molecule has 0 unspecified atom stereocenters. The number of imidazole rings is 1. The second-order valence-electron chi connectivity index (χ2n) is 12.4. The molecule has 2 heterocycles. The molecule has 0 aliphatic rings. The van der Waals surface area contributed by atoms with E-state index in [1.54, 1.807) is 24.5 Å². The van der Waals surface area contributed by atoms with Gasteiger partial charge in [-0.15, -0.1) is 11.3 Å². The van der Waals surface area contributed by atoms with Crippen molar-refractivity contribution in [3.05, 3.63) is 99.1 Å². The molecule has 0 fully saturated rings. The van der Waals surface area contributed by atoms with Gasteiger partial charge in [-0.1, -0.05) is 58.0 Å². The minimum Gasteiger partial charge on any atom is -0.497 e. The number of hydrogen-bond donors (Lipinski definition) is 2. The van der Waals surface area contributed by atoms with Gasteiger partial charge in [-0.2, -0.15) is 4.31 Å². The number of aliphatic hydroxyl groups is 1. The maximum Gasteiger partial charge on any atom is 0.329 e. The van der Waals surface area contributed by atoms with Crippen molar-refractivity contribution >= 4 is 27.3 Å². The largest absolute Gasteiger partial charge is 0.497 e. The number of carbonyl (C=O) groups is 1. The number of thiazole rings is 1. The van der Waals surface area contributed by atoms with Gasteiger partial charge in [0.25, 0.3) is 0 Å². The minimum absolute atomic E-state index is 0.0354. The summed E-state index contributed by atoms with van der Waals surface area (Å²) >= 11 is 1.50. The van der Waals surface area contributed by atoms with Gasteiger partial charge in [-0.3, -0.25) is 13.9 Å². The Labute approximate surface area is 280 Å². The number of methoxy groups -OCH3 is 1. The number of aromatic nitrogens is 3. The fourth-order valence-electron chi connectivity index (χ4n) is 5.50. The van der Waals surface area contributed by atoms with Crippen molar-refractivity contribution < 1.29 is 23.1 Å². The van der Waals surface area contributed by atoms with Crippen LogP contribution in [0.5, 0.6) is 5.75 Å². The number of benzene rings is 2. The Morgan fingerprint density at radius 1 is 1.04 bits per heavy atom. The molecule has 0 radical (unpaired) electrons. The predicted octanol–water partition coefficient (Wildman–Crippen LogP) is 4.10. The molecule has 2 aromatic carbocycles. The number of amides is 1. The van der Waals surface area contributed by atoms with Gasteiger partial charge >= 0.3 is 5.69 Å². The summed E-state index contributed by atoms with van der Waals surface area (Å²) in [4.78, 5) is 32.0. The van der Waals surface area contributed by atoms with Crippen molar-refractivity contribution in [1.29, 1.82) is 0 Å². The summed E-state index contributed by atoms with van der Waals surface area (Å²) < 4.78 is 37.0. The molecule has 0 saturated carbocycles. The van der Waals surface area contributed by atoms with Crippen LogP contribution in [0.4, 0.5) is 0 Å². The van der Waals surface area contributed by atoms with Crippen LogP contribution in [-0.2, 0) is 27.8 Å². The van der Waals surface area contributed by atoms with Gasteiger partial charge in [0, 0.05) is 30.9 Å². The van der Waals surface area contributed by atoms with E-state index < -0.39 is 34.1 Å². The Bertz CT molecular complexity index is 1760. The van der Waals surface area contributed by atoms with E-state index in [0.717, 1.165) is 16.3 Å². The molecule has 2 N–H and O–H groups in total. The minimum atomic E-state index is -4.00. The average Bonchev–Trinajstić information content (AvgIpc) is 3.61. The third kappa shape index (κ3) is 9.19. The lowest BCUT2D eigenvalue weighted by molar-refractivity contribution is -0.127. The molecule has 4 aromatic rings. The highest BCUT2D eigenvalue weighted by Gasteiger charge is 2.34. The first-order valence-electron chi connectivity index (χ1n) is 15.6. The summed E-state index contributed by atoms with van der Waals surface area (Å²) in [5.41, 5.74) is 1.27. The normalized spacial score (nSPS) is 14.0. The molecule has 1 amide bonds. The SMILES string of the molecule is COc1ccc(S(=O)(=O)N(CC(C)C)C[C@@H](O)[C@H](Cc2ccccc2)NC(=O)[C@H](C(C)C)n2ccn(Cc3csc(C)n3)c2=O)cc1. The van der Waals surface area contributed by atoms with Crippen molar-refractivity contribution in [2.24, 2.45) is 11.8 Å². The second-order valence-corrected chi connectivity index (χ2v) is 15.4. The van der Waals surface area contributed by atoms with Crippen LogP contribution in [-0.4, -0.2) is 70.2 Å². The zero-order chi connectivity index (χ0) is 34.3. The number of nitrogens with zero attached hydrogens (tertiary/aromatic N) is 4. The fourth-order valence-corrected chi connectivity index (χ4v) is 7.72. The molecule has 47 heavy (non-hydrogen) atoms. The molecule has 0 saturated heterocycles. The first kappa shape index (κ1) is 36.1. The second kappa shape index (κ2) is 15.9. The zero-order valence-corrected chi connectivity index (χ0v) is 29.4. The molecular formula is C34H45N5O6S2. The van der Waals surface area contributed by atoms with E-state index in [4.69, 9.17) is 4.74 Å². The number of nitrogens with one attached hydrogen (secondary N) is 1. The van der Waals surface area contributed by atoms with Crippen LogP contribution in [0.2, 0.25) is 0 Å². The van der Waals surface area contributed by atoms with E-state index in [0.29, 0.717) is 5.75 Å². The topological polar surface area (TPSA) is 136 Å².